The third-order valence-electron chi connectivity index (χ3n) is 9.46. The van der Waals surface area contributed by atoms with E-state index in [0.29, 0.717) is 30.7 Å². The van der Waals surface area contributed by atoms with Gasteiger partial charge in [0.2, 0.25) is 5.91 Å². The van der Waals surface area contributed by atoms with Crippen molar-refractivity contribution >= 4 is 5.91 Å². The quantitative estimate of drug-likeness (QED) is 0.304. The van der Waals surface area contributed by atoms with Crippen LogP contribution < -0.4 is 26.7 Å². The summed E-state index contributed by atoms with van der Waals surface area (Å²) in [5, 5.41) is 16.7. The van der Waals surface area contributed by atoms with Gasteiger partial charge in [0.05, 0.1) is 12.3 Å². The molecule has 4 saturated heterocycles. The number of piperidine rings is 2. The molecule has 7 unspecified atom stereocenters. The first-order chi connectivity index (χ1) is 18.8. The van der Waals surface area contributed by atoms with Crippen molar-refractivity contribution in [3.63, 3.8) is 0 Å². The summed E-state index contributed by atoms with van der Waals surface area (Å²) in [6, 6.07) is 9.79. The van der Waals surface area contributed by atoms with Crippen LogP contribution in [0.4, 0.5) is 0 Å². The lowest BCUT2D eigenvalue weighted by atomic mass is 9.78. The first-order valence-corrected chi connectivity index (χ1v) is 15.3. The highest BCUT2D eigenvalue weighted by Crippen LogP contribution is 2.38. The van der Waals surface area contributed by atoms with Crippen LogP contribution in [0.25, 0.3) is 0 Å². The molecule has 0 bridgehead atoms. The zero-order chi connectivity index (χ0) is 27.5. The molecule has 0 aromatic heterocycles. The van der Waals surface area contributed by atoms with Crippen LogP contribution in [0.15, 0.2) is 24.3 Å². The van der Waals surface area contributed by atoms with Crippen molar-refractivity contribution in [1.29, 1.82) is 0 Å². The van der Waals surface area contributed by atoms with Gasteiger partial charge in [-0.1, -0.05) is 31.2 Å². The number of benzene rings is 1. The summed E-state index contributed by atoms with van der Waals surface area (Å²) in [5.41, 5.74) is 6.21. The fourth-order valence-corrected chi connectivity index (χ4v) is 7.34. The number of hydrogen-bond donors (Lipinski definition) is 5. The topological polar surface area (TPSA) is 86.9 Å². The normalized spacial score (nSPS) is 33.5. The minimum Gasteiger partial charge on any atom is -0.354 e. The Morgan fingerprint density at radius 2 is 2.08 bits per heavy atom. The molecule has 0 saturated carbocycles. The minimum atomic E-state index is -0.0256. The van der Waals surface area contributed by atoms with Gasteiger partial charge in [-0.05, 0) is 70.8 Å². The lowest BCUT2D eigenvalue weighted by Gasteiger charge is -2.42. The van der Waals surface area contributed by atoms with Crippen LogP contribution in [-0.4, -0.2) is 98.5 Å². The summed E-state index contributed by atoms with van der Waals surface area (Å²) < 4.78 is 0. The standard InChI is InChI=1S/C30H52N8O/c1-20(2)38-29-26(17-33-38)25(30(39)32-16-24-19-37-12-7-8-21(3)28(37)34-24)15-27(35-29)23-10-6-9-22(14-23)18-36(5)13-11-31-4/h6,9-10,14,20-21,24-29,31,33-35H,7-8,11-13,15-19H2,1-5H3,(H,32,39). The highest BCUT2D eigenvalue weighted by atomic mass is 16.2. The lowest BCUT2D eigenvalue weighted by molar-refractivity contribution is -0.129. The highest BCUT2D eigenvalue weighted by Gasteiger charge is 2.48. The first kappa shape index (κ1) is 28.9. The summed E-state index contributed by atoms with van der Waals surface area (Å²) in [5.74, 6) is 1.12. The molecule has 9 heteroatoms. The van der Waals surface area contributed by atoms with Gasteiger partial charge in [0.15, 0.2) is 0 Å². The van der Waals surface area contributed by atoms with E-state index < -0.39 is 0 Å². The molecule has 4 aliphatic rings. The zero-order valence-corrected chi connectivity index (χ0v) is 24.7. The monoisotopic (exact) mass is 540 g/mol. The minimum absolute atomic E-state index is 0.0256. The number of hydrogen-bond acceptors (Lipinski definition) is 8. The molecule has 1 aromatic carbocycles. The third kappa shape index (κ3) is 6.67. The van der Waals surface area contributed by atoms with E-state index in [-0.39, 0.29) is 30.0 Å². The molecule has 0 aliphatic carbocycles. The maximum Gasteiger partial charge on any atom is 0.223 e. The van der Waals surface area contributed by atoms with E-state index in [2.05, 4.69) is 93.6 Å². The molecule has 4 fully saturated rings. The van der Waals surface area contributed by atoms with Gasteiger partial charge in [-0.15, -0.1) is 0 Å². The molecule has 1 aromatic rings. The highest BCUT2D eigenvalue weighted by molar-refractivity contribution is 5.79. The van der Waals surface area contributed by atoms with E-state index in [1.165, 1.54) is 30.5 Å². The molecule has 5 rings (SSSR count). The average Bonchev–Trinajstić information content (AvgIpc) is 3.55. The number of nitrogens with zero attached hydrogens (tertiary/aromatic N) is 3. The Balaban J connectivity index is 1.26. The van der Waals surface area contributed by atoms with E-state index in [1.807, 2.05) is 7.05 Å². The molecule has 0 spiro atoms. The van der Waals surface area contributed by atoms with Gasteiger partial charge < -0.3 is 15.5 Å². The Morgan fingerprint density at radius 3 is 2.85 bits per heavy atom. The van der Waals surface area contributed by atoms with Crippen LogP contribution in [0.1, 0.15) is 57.2 Å². The SMILES string of the molecule is CNCCN(C)Cc1cccc(C2CC(C(=O)NCC3CN4CCCC(C)C4N3)C3CNN(C(C)C)C3N2)c1. The third-order valence-corrected chi connectivity index (χ3v) is 9.46. The predicted octanol–water partition coefficient (Wildman–Crippen LogP) is 1.31. The van der Waals surface area contributed by atoms with E-state index in [0.717, 1.165) is 39.1 Å². The number of carbonyl (C=O) groups is 1. The summed E-state index contributed by atoms with van der Waals surface area (Å²) >= 11 is 0. The van der Waals surface area contributed by atoms with Gasteiger partial charge >= 0.3 is 0 Å². The second kappa shape index (κ2) is 12.9. The Morgan fingerprint density at radius 1 is 1.23 bits per heavy atom. The number of likely N-dealkylation sites (N-methyl/N-ethyl adjacent to an activating group) is 2. The van der Waals surface area contributed by atoms with Crippen LogP contribution in [-0.2, 0) is 11.3 Å². The zero-order valence-electron chi connectivity index (χ0n) is 24.7. The summed E-state index contributed by atoms with van der Waals surface area (Å²) in [6.45, 7) is 13.5. The number of fused-ring (bicyclic) bond motifs is 2. The Kier molecular flexibility index (Phi) is 9.59. The van der Waals surface area contributed by atoms with Gasteiger partial charge in [0, 0.05) is 69.2 Å². The van der Waals surface area contributed by atoms with Gasteiger partial charge in [-0.25, -0.2) is 5.01 Å². The summed E-state index contributed by atoms with van der Waals surface area (Å²) in [7, 11) is 4.17. The van der Waals surface area contributed by atoms with Gasteiger partial charge in [-0.3, -0.25) is 25.8 Å². The van der Waals surface area contributed by atoms with Crippen molar-refractivity contribution < 1.29 is 4.79 Å². The molecular weight excluding hydrogens is 488 g/mol. The summed E-state index contributed by atoms with van der Waals surface area (Å²) in [6.07, 6.45) is 4.01. The van der Waals surface area contributed by atoms with Crippen molar-refractivity contribution in [2.24, 2.45) is 17.8 Å². The molecular formula is C30H52N8O. The predicted molar refractivity (Wildman–Crippen MR) is 157 cm³/mol. The maximum atomic E-state index is 13.8. The van der Waals surface area contributed by atoms with Crippen LogP contribution in [0.5, 0.6) is 0 Å². The molecule has 5 N–H and O–H groups in total. The van der Waals surface area contributed by atoms with Crippen LogP contribution >= 0.6 is 0 Å². The number of amides is 1. The van der Waals surface area contributed by atoms with Crippen molar-refractivity contribution in [3.05, 3.63) is 35.4 Å². The average molecular weight is 541 g/mol. The van der Waals surface area contributed by atoms with E-state index >= 15 is 0 Å². The lowest BCUT2D eigenvalue weighted by Crippen LogP contribution is -2.57. The van der Waals surface area contributed by atoms with Gasteiger partial charge in [0.25, 0.3) is 0 Å². The van der Waals surface area contributed by atoms with Gasteiger partial charge in [-0.2, -0.15) is 0 Å². The van der Waals surface area contributed by atoms with E-state index in [1.54, 1.807) is 0 Å². The smallest absolute Gasteiger partial charge is 0.223 e. The Hall–Kier alpha value is -1.59. The molecule has 0 radical (unpaired) electrons. The maximum absolute atomic E-state index is 13.8. The van der Waals surface area contributed by atoms with Crippen molar-refractivity contribution in [3.8, 4) is 0 Å². The van der Waals surface area contributed by atoms with Crippen LogP contribution in [0.3, 0.4) is 0 Å². The Labute approximate surface area is 235 Å². The molecule has 4 heterocycles. The molecule has 218 valence electrons. The Bertz CT molecular complexity index is 959. The largest absolute Gasteiger partial charge is 0.354 e. The molecule has 4 aliphatic heterocycles. The molecule has 7 atom stereocenters. The molecule has 9 nitrogen and oxygen atoms in total. The fraction of sp³-hybridized carbons (Fsp3) is 0.767. The van der Waals surface area contributed by atoms with Crippen LogP contribution in [0, 0.1) is 17.8 Å². The van der Waals surface area contributed by atoms with Crippen molar-refractivity contribution in [2.45, 2.75) is 77.0 Å². The second-order valence-corrected chi connectivity index (χ2v) is 12.8. The van der Waals surface area contributed by atoms with Crippen molar-refractivity contribution in [1.82, 2.24) is 41.5 Å². The van der Waals surface area contributed by atoms with Gasteiger partial charge in [0.1, 0.15) is 0 Å². The van der Waals surface area contributed by atoms with Crippen LogP contribution in [0.2, 0.25) is 0 Å². The number of hydrazine groups is 1. The first-order valence-electron chi connectivity index (χ1n) is 15.3. The van der Waals surface area contributed by atoms with Crippen molar-refractivity contribution in [2.75, 3.05) is 53.4 Å². The number of nitrogens with one attached hydrogen (secondary N) is 5. The number of carbonyl (C=O) groups excluding carboxylic acids is 1. The fourth-order valence-electron chi connectivity index (χ4n) is 7.34. The second-order valence-electron chi connectivity index (χ2n) is 12.8. The number of rotatable bonds is 10. The summed E-state index contributed by atoms with van der Waals surface area (Å²) in [4.78, 5) is 18.7. The van der Waals surface area contributed by atoms with E-state index in [4.69, 9.17) is 0 Å². The molecule has 1 amide bonds. The van der Waals surface area contributed by atoms with E-state index in [9.17, 15) is 4.79 Å². The molecule has 39 heavy (non-hydrogen) atoms.